The van der Waals surface area contributed by atoms with Crippen LogP contribution in [0.5, 0.6) is 5.75 Å². The largest absolute Gasteiger partial charge is 0.508 e. The maximum atomic E-state index is 9.37. The number of nitrogens with two attached hydrogens (primary N) is 1. The van der Waals surface area contributed by atoms with Gasteiger partial charge in [-0.1, -0.05) is 6.07 Å². The van der Waals surface area contributed by atoms with Gasteiger partial charge in [-0.05, 0) is 18.4 Å². The SMILES string of the molecule is CSc1cc(N)nn1-c1cccc(O)c1. The van der Waals surface area contributed by atoms with Crippen molar-refractivity contribution in [1.29, 1.82) is 0 Å². The molecule has 0 radical (unpaired) electrons. The first kappa shape index (κ1) is 9.92. The van der Waals surface area contributed by atoms with Crippen LogP contribution in [-0.4, -0.2) is 21.1 Å². The third-order valence-corrected chi connectivity index (χ3v) is 2.69. The van der Waals surface area contributed by atoms with Crippen molar-refractivity contribution in [2.24, 2.45) is 0 Å². The molecule has 0 unspecified atom stereocenters. The summed E-state index contributed by atoms with van der Waals surface area (Å²) in [5, 5.41) is 14.5. The molecule has 2 aromatic rings. The Morgan fingerprint density at radius 2 is 2.20 bits per heavy atom. The summed E-state index contributed by atoms with van der Waals surface area (Å²) < 4.78 is 1.71. The number of phenols is 1. The lowest BCUT2D eigenvalue weighted by molar-refractivity contribution is 0.474. The fraction of sp³-hybridized carbons (Fsp3) is 0.100. The molecule has 0 atom stereocenters. The Morgan fingerprint density at radius 3 is 2.87 bits per heavy atom. The van der Waals surface area contributed by atoms with E-state index in [9.17, 15) is 5.11 Å². The second-order valence-electron chi connectivity index (χ2n) is 3.04. The number of benzene rings is 1. The molecule has 0 aliphatic heterocycles. The molecule has 1 aromatic heterocycles. The maximum absolute atomic E-state index is 9.37. The van der Waals surface area contributed by atoms with Crippen LogP contribution in [-0.2, 0) is 0 Å². The molecular weight excluding hydrogens is 210 g/mol. The normalized spacial score (nSPS) is 10.5. The van der Waals surface area contributed by atoms with Gasteiger partial charge in [-0.2, -0.15) is 0 Å². The standard InChI is InChI=1S/C10H11N3OS/c1-15-10-6-9(11)12-13(10)7-3-2-4-8(14)5-7/h2-6,14H,1H3,(H2,11,12). The summed E-state index contributed by atoms with van der Waals surface area (Å²) in [6, 6.07) is 8.70. The van der Waals surface area contributed by atoms with Gasteiger partial charge in [0.2, 0.25) is 0 Å². The first-order chi connectivity index (χ1) is 7.20. The van der Waals surface area contributed by atoms with Gasteiger partial charge >= 0.3 is 0 Å². The third-order valence-electron chi connectivity index (χ3n) is 1.98. The van der Waals surface area contributed by atoms with Crippen LogP contribution in [0, 0.1) is 0 Å². The van der Waals surface area contributed by atoms with Gasteiger partial charge in [0.1, 0.15) is 16.6 Å². The summed E-state index contributed by atoms with van der Waals surface area (Å²) in [5.41, 5.74) is 6.42. The minimum absolute atomic E-state index is 0.216. The Morgan fingerprint density at radius 1 is 1.40 bits per heavy atom. The third kappa shape index (κ3) is 1.92. The van der Waals surface area contributed by atoms with Crippen molar-refractivity contribution >= 4 is 17.6 Å². The predicted molar refractivity (Wildman–Crippen MR) is 61.4 cm³/mol. The molecule has 0 aliphatic rings. The Balaban J connectivity index is 2.53. The number of nitrogen functional groups attached to an aromatic ring is 1. The summed E-state index contributed by atoms with van der Waals surface area (Å²) >= 11 is 1.56. The highest BCUT2D eigenvalue weighted by Gasteiger charge is 2.06. The predicted octanol–water partition coefficient (Wildman–Crippen LogP) is 1.88. The van der Waals surface area contributed by atoms with Crippen LogP contribution in [0.15, 0.2) is 35.4 Å². The van der Waals surface area contributed by atoms with E-state index in [0.717, 1.165) is 10.7 Å². The molecule has 0 amide bonds. The number of aromatic hydroxyl groups is 1. The molecule has 4 nitrogen and oxygen atoms in total. The first-order valence-corrected chi connectivity index (χ1v) is 5.62. The monoisotopic (exact) mass is 221 g/mol. The van der Waals surface area contributed by atoms with Crippen LogP contribution >= 0.6 is 11.8 Å². The quantitative estimate of drug-likeness (QED) is 0.760. The molecule has 0 saturated heterocycles. The van der Waals surface area contributed by atoms with Crippen molar-refractivity contribution in [3.63, 3.8) is 0 Å². The topological polar surface area (TPSA) is 64.1 Å². The van der Waals surface area contributed by atoms with E-state index in [4.69, 9.17) is 5.73 Å². The average molecular weight is 221 g/mol. The van der Waals surface area contributed by atoms with Gasteiger partial charge in [-0.25, -0.2) is 4.68 Å². The zero-order valence-electron chi connectivity index (χ0n) is 8.21. The molecule has 78 valence electrons. The summed E-state index contributed by atoms with van der Waals surface area (Å²) in [6.07, 6.45) is 1.95. The van der Waals surface area contributed by atoms with Crippen LogP contribution < -0.4 is 5.73 Å². The molecule has 3 N–H and O–H groups in total. The van der Waals surface area contributed by atoms with Crippen LogP contribution in [0.4, 0.5) is 5.82 Å². The molecule has 0 aliphatic carbocycles. The zero-order chi connectivity index (χ0) is 10.8. The second kappa shape index (κ2) is 3.86. The van der Waals surface area contributed by atoms with E-state index in [1.54, 1.807) is 40.7 Å². The van der Waals surface area contributed by atoms with Crippen molar-refractivity contribution in [2.45, 2.75) is 5.03 Å². The lowest BCUT2D eigenvalue weighted by atomic mass is 10.3. The highest BCUT2D eigenvalue weighted by Crippen LogP contribution is 2.23. The van der Waals surface area contributed by atoms with Gasteiger partial charge in [0, 0.05) is 12.1 Å². The van der Waals surface area contributed by atoms with E-state index in [-0.39, 0.29) is 5.75 Å². The number of anilines is 1. The Labute approximate surface area is 91.7 Å². The Hall–Kier alpha value is -1.62. The van der Waals surface area contributed by atoms with Crippen LogP contribution in [0.25, 0.3) is 5.69 Å². The highest BCUT2D eigenvalue weighted by molar-refractivity contribution is 7.98. The van der Waals surface area contributed by atoms with E-state index >= 15 is 0 Å². The van der Waals surface area contributed by atoms with Crippen molar-refractivity contribution < 1.29 is 5.11 Å². The fourth-order valence-electron chi connectivity index (χ4n) is 1.34. The smallest absolute Gasteiger partial charge is 0.147 e. The lowest BCUT2D eigenvalue weighted by Crippen LogP contribution is -1.98. The van der Waals surface area contributed by atoms with E-state index in [1.807, 2.05) is 12.3 Å². The first-order valence-electron chi connectivity index (χ1n) is 4.39. The number of hydrogen-bond donors (Lipinski definition) is 2. The highest BCUT2D eigenvalue weighted by atomic mass is 32.2. The summed E-state index contributed by atoms with van der Waals surface area (Å²) in [7, 11) is 0. The van der Waals surface area contributed by atoms with Crippen LogP contribution in [0.2, 0.25) is 0 Å². The molecule has 15 heavy (non-hydrogen) atoms. The molecule has 5 heteroatoms. The summed E-state index contributed by atoms with van der Waals surface area (Å²) in [4.78, 5) is 0. The van der Waals surface area contributed by atoms with Crippen molar-refractivity contribution in [1.82, 2.24) is 9.78 Å². The summed E-state index contributed by atoms with van der Waals surface area (Å²) in [6.45, 7) is 0. The van der Waals surface area contributed by atoms with Gasteiger partial charge in [-0.3, -0.25) is 0 Å². The Kier molecular flexibility index (Phi) is 2.55. The molecule has 0 fully saturated rings. The minimum Gasteiger partial charge on any atom is -0.508 e. The number of hydrogen-bond acceptors (Lipinski definition) is 4. The lowest BCUT2D eigenvalue weighted by Gasteiger charge is -2.04. The number of nitrogens with zero attached hydrogens (tertiary/aromatic N) is 2. The molecule has 1 heterocycles. The van der Waals surface area contributed by atoms with E-state index < -0.39 is 0 Å². The minimum atomic E-state index is 0.216. The molecular formula is C10H11N3OS. The molecule has 0 saturated carbocycles. The maximum Gasteiger partial charge on any atom is 0.147 e. The van der Waals surface area contributed by atoms with Crippen LogP contribution in [0.1, 0.15) is 0 Å². The van der Waals surface area contributed by atoms with Gasteiger partial charge in [-0.15, -0.1) is 16.9 Å². The molecule has 0 bridgehead atoms. The average Bonchev–Trinajstić information content (AvgIpc) is 2.59. The van der Waals surface area contributed by atoms with Crippen molar-refractivity contribution in [3.8, 4) is 11.4 Å². The van der Waals surface area contributed by atoms with E-state index in [2.05, 4.69) is 5.10 Å². The molecule has 2 rings (SSSR count). The molecule has 0 spiro atoms. The van der Waals surface area contributed by atoms with Gasteiger partial charge in [0.15, 0.2) is 0 Å². The van der Waals surface area contributed by atoms with E-state index in [0.29, 0.717) is 5.82 Å². The summed E-state index contributed by atoms with van der Waals surface area (Å²) in [5.74, 6) is 0.691. The molecule has 1 aromatic carbocycles. The van der Waals surface area contributed by atoms with E-state index in [1.165, 1.54) is 0 Å². The fourth-order valence-corrected chi connectivity index (χ4v) is 1.89. The Bertz CT molecular complexity index is 481. The van der Waals surface area contributed by atoms with Gasteiger partial charge in [0.25, 0.3) is 0 Å². The number of phenolic OH excluding ortho intramolecular Hbond substituents is 1. The van der Waals surface area contributed by atoms with Gasteiger partial charge < -0.3 is 10.8 Å². The number of rotatable bonds is 2. The van der Waals surface area contributed by atoms with Crippen molar-refractivity contribution in [3.05, 3.63) is 30.3 Å². The number of aromatic nitrogens is 2. The zero-order valence-corrected chi connectivity index (χ0v) is 9.03. The van der Waals surface area contributed by atoms with Crippen LogP contribution in [0.3, 0.4) is 0 Å². The van der Waals surface area contributed by atoms with Gasteiger partial charge in [0.05, 0.1) is 5.69 Å². The second-order valence-corrected chi connectivity index (χ2v) is 3.87. The van der Waals surface area contributed by atoms with Crippen molar-refractivity contribution in [2.75, 3.05) is 12.0 Å². The number of thioether (sulfide) groups is 1.